The van der Waals surface area contributed by atoms with Crippen LogP contribution in [-0.2, 0) is 9.53 Å². The summed E-state index contributed by atoms with van der Waals surface area (Å²) < 4.78 is 5.24. The van der Waals surface area contributed by atoms with Crippen molar-refractivity contribution in [1.29, 1.82) is 0 Å². The molecule has 0 unspecified atom stereocenters. The Morgan fingerprint density at radius 3 is 2.65 bits per heavy atom. The van der Waals surface area contributed by atoms with Gasteiger partial charge in [-0.1, -0.05) is 6.08 Å². The molecule has 0 bridgehead atoms. The van der Waals surface area contributed by atoms with E-state index < -0.39 is 7.12 Å². The van der Waals surface area contributed by atoms with Crippen LogP contribution in [-0.4, -0.2) is 54.3 Å². The molecule has 0 aromatic rings. The molecule has 0 aromatic carbocycles. The first-order valence-corrected chi connectivity index (χ1v) is 5.57. The molecule has 5 nitrogen and oxygen atoms in total. The monoisotopic (exact) mass is 235 g/mol. The minimum atomic E-state index is -1.50. The third-order valence-electron chi connectivity index (χ3n) is 2.93. The Morgan fingerprint density at radius 2 is 2.06 bits per heavy atom. The van der Waals surface area contributed by atoms with Crippen molar-refractivity contribution in [1.82, 2.24) is 4.90 Å². The molecule has 0 atom stereocenters. The van der Waals surface area contributed by atoms with E-state index in [0.717, 1.165) is 5.70 Å². The molecule has 1 saturated heterocycles. The Labute approximate surface area is 99.8 Å². The number of hydrogen-bond donors (Lipinski definition) is 2. The van der Waals surface area contributed by atoms with E-state index in [-0.39, 0.29) is 0 Å². The standard InChI is InChI=1S/C11H14BNO4/c14-8-9-1-2-10(12(15)16)7-11(9)13-3-5-17-6-4-13/h2,7,15-16H,1,3-6H2. The number of carbonyl (C=O) groups excluding carboxylic acids is 1. The lowest BCUT2D eigenvalue weighted by Gasteiger charge is -2.32. The first-order chi connectivity index (χ1) is 8.22. The molecule has 1 fully saturated rings. The molecule has 0 aromatic heterocycles. The van der Waals surface area contributed by atoms with Crippen molar-refractivity contribution in [3.8, 4) is 0 Å². The zero-order valence-electron chi connectivity index (χ0n) is 9.43. The SMILES string of the molecule is O=C=C1CC=C(B(O)O)C=C1N1CCOCC1. The highest BCUT2D eigenvalue weighted by molar-refractivity contribution is 6.51. The van der Waals surface area contributed by atoms with Gasteiger partial charge in [0.25, 0.3) is 0 Å². The van der Waals surface area contributed by atoms with Gasteiger partial charge in [0.2, 0.25) is 0 Å². The van der Waals surface area contributed by atoms with Crippen LogP contribution in [0.2, 0.25) is 0 Å². The Morgan fingerprint density at radius 1 is 1.35 bits per heavy atom. The fraction of sp³-hybridized carbons (Fsp3) is 0.455. The summed E-state index contributed by atoms with van der Waals surface area (Å²) in [5.41, 5.74) is 1.70. The van der Waals surface area contributed by atoms with E-state index in [2.05, 4.69) is 0 Å². The van der Waals surface area contributed by atoms with Crippen molar-refractivity contribution in [3.63, 3.8) is 0 Å². The van der Waals surface area contributed by atoms with Crippen molar-refractivity contribution < 1.29 is 19.6 Å². The molecule has 1 heterocycles. The average Bonchev–Trinajstić information content (AvgIpc) is 2.39. The van der Waals surface area contributed by atoms with Gasteiger partial charge < -0.3 is 19.7 Å². The molecule has 0 saturated carbocycles. The molecule has 0 radical (unpaired) electrons. The number of rotatable bonds is 2. The average molecular weight is 235 g/mol. The van der Waals surface area contributed by atoms with Gasteiger partial charge in [-0.2, -0.15) is 0 Å². The molecule has 2 rings (SSSR count). The summed E-state index contributed by atoms with van der Waals surface area (Å²) in [5.74, 6) is 1.92. The fourth-order valence-corrected chi connectivity index (χ4v) is 1.99. The molecule has 6 heteroatoms. The van der Waals surface area contributed by atoms with Crippen LogP contribution >= 0.6 is 0 Å². The van der Waals surface area contributed by atoms with Crippen molar-refractivity contribution in [2.24, 2.45) is 0 Å². The van der Waals surface area contributed by atoms with E-state index in [9.17, 15) is 4.79 Å². The van der Waals surface area contributed by atoms with Crippen LogP contribution in [0.15, 0.2) is 28.9 Å². The maximum absolute atomic E-state index is 10.9. The summed E-state index contributed by atoms with van der Waals surface area (Å²) in [7, 11) is -1.50. The van der Waals surface area contributed by atoms with E-state index in [4.69, 9.17) is 14.8 Å². The van der Waals surface area contributed by atoms with E-state index in [1.54, 1.807) is 12.2 Å². The highest BCUT2D eigenvalue weighted by Gasteiger charge is 2.24. The lowest BCUT2D eigenvalue weighted by atomic mass is 9.75. The minimum Gasteiger partial charge on any atom is -0.423 e. The van der Waals surface area contributed by atoms with E-state index in [1.165, 1.54) is 0 Å². The van der Waals surface area contributed by atoms with Crippen LogP contribution in [0.5, 0.6) is 0 Å². The van der Waals surface area contributed by atoms with Gasteiger partial charge in [-0.05, 0) is 11.5 Å². The van der Waals surface area contributed by atoms with Crippen LogP contribution in [0, 0.1) is 0 Å². The highest BCUT2D eigenvalue weighted by Crippen LogP contribution is 2.25. The summed E-state index contributed by atoms with van der Waals surface area (Å²) in [6.45, 7) is 2.63. The summed E-state index contributed by atoms with van der Waals surface area (Å²) in [6, 6.07) is 0. The Balaban J connectivity index is 2.25. The predicted octanol–water partition coefficient (Wildman–Crippen LogP) is -0.697. The topological polar surface area (TPSA) is 70.0 Å². The van der Waals surface area contributed by atoms with Gasteiger partial charge in [0.05, 0.1) is 24.5 Å². The number of allylic oxidation sites excluding steroid dienone is 4. The van der Waals surface area contributed by atoms with Gasteiger partial charge in [0, 0.05) is 19.5 Å². The highest BCUT2D eigenvalue weighted by atomic mass is 16.5. The van der Waals surface area contributed by atoms with Crippen LogP contribution < -0.4 is 0 Å². The van der Waals surface area contributed by atoms with Gasteiger partial charge in [-0.25, -0.2) is 4.79 Å². The van der Waals surface area contributed by atoms with Crippen molar-refractivity contribution in [2.45, 2.75) is 6.42 Å². The molecule has 90 valence electrons. The summed E-state index contributed by atoms with van der Waals surface area (Å²) in [5, 5.41) is 18.3. The minimum absolute atomic E-state index is 0.389. The first-order valence-electron chi connectivity index (χ1n) is 5.57. The molecule has 2 N–H and O–H groups in total. The maximum atomic E-state index is 10.9. The Bertz CT molecular complexity index is 404. The van der Waals surface area contributed by atoms with Crippen LogP contribution in [0.25, 0.3) is 0 Å². The lowest BCUT2D eigenvalue weighted by Crippen LogP contribution is -2.37. The molecule has 2 aliphatic rings. The fourth-order valence-electron chi connectivity index (χ4n) is 1.99. The van der Waals surface area contributed by atoms with E-state index in [0.29, 0.717) is 43.8 Å². The van der Waals surface area contributed by atoms with Crippen molar-refractivity contribution >= 4 is 13.1 Å². The number of nitrogens with zero attached hydrogens (tertiary/aromatic N) is 1. The predicted molar refractivity (Wildman–Crippen MR) is 62.6 cm³/mol. The van der Waals surface area contributed by atoms with Gasteiger partial charge in [-0.3, -0.25) is 0 Å². The van der Waals surface area contributed by atoms with Gasteiger partial charge >= 0.3 is 7.12 Å². The Hall–Kier alpha value is -1.33. The third-order valence-corrected chi connectivity index (χ3v) is 2.93. The Kier molecular flexibility index (Phi) is 3.81. The van der Waals surface area contributed by atoms with Crippen LogP contribution in [0.1, 0.15) is 6.42 Å². The van der Waals surface area contributed by atoms with Crippen molar-refractivity contribution in [3.05, 3.63) is 28.9 Å². The molecule has 1 aliphatic carbocycles. The molecule has 0 amide bonds. The third kappa shape index (κ3) is 2.68. The lowest BCUT2D eigenvalue weighted by molar-refractivity contribution is 0.0546. The molecular weight excluding hydrogens is 221 g/mol. The van der Waals surface area contributed by atoms with Gasteiger partial charge in [0.1, 0.15) is 5.94 Å². The summed E-state index contributed by atoms with van der Waals surface area (Å²) in [6.07, 6.45) is 3.66. The van der Waals surface area contributed by atoms with E-state index in [1.807, 2.05) is 10.8 Å². The second kappa shape index (κ2) is 5.34. The van der Waals surface area contributed by atoms with Crippen LogP contribution in [0.3, 0.4) is 0 Å². The quantitative estimate of drug-likeness (QED) is 0.489. The smallest absolute Gasteiger partial charge is 0.423 e. The van der Waals surface area contributed by atoms with Crippen LogP contribution in [0.4, 0.5) is 0 Å². The summed E-state index contributed by atoms with van der Waals surface area (Å²) >= 11 is 0. The molecular formula is C11H14BNO4. The zero-order chi connectivity index (χ0) is 12.3. The summed E-state index contributed by atoms with van der Waals surface area (Å²) in [4.78, 5) is 12.9. The normalized spacial score (nSPS) is 20.6. The zero-order valence-corrected chi connectivity index (χ0v) is 9.43. The van der Waals surface area contributed by atoms with Gasteiger partial charge in [-0.15, -0.1) is 0 Å². The second-order valence-corrected chi connectivity index (χ2v) is 3.99. The van der Waals surface area contributed by atoms with Gasteiger partial charge in [0.15, 0.2) is 0 Å². The van der Waals surface area contributed by atoms with E-state index >= 15 is 0 Å². The molecule has 0 spiro atoms. The van der Waals surface area contributed by atoms with Crippen molar-refractivity contribution in [2.75, 3.05) is 26.3 Å². The number of ether oxygens (including phenoxy) is 1. The number of hydrogen-bond acceptors (Lipinski definition) is 5. The maximum Gasteiger partial charge on any atom is 0.488 e. The second-order valence-electron chi connectivity index (χ2n) is 3.99. The molecule has 17 heavy (non-hydrogen) atoms. The first kappa shape index (κ1) is 12.1. The molecule has 1 aliphatic heterocycles. The largest absolute Gasteiger partial charge is 0.488 e. The number of morpholine rings is 1.